The van der Waals surface area contributed by atoms with Crippen molar-refractivity contribution >= 4 is 52.0 Å². The Bertz CT molecular complexity index is 2860. The van der Waals surface area contributed by atoms with Crippen LogP contribution in [0.4, 0.5) is 13.9 Å². The molecule has 43 nitrogen and oxygen atoms in total. The van der Waals surface area contributed by atoms with Gasteiger partial charge in [-0.3, -0.25) is 27.5 Å². The number of ether oxygens (including phenoxy) is 12. The molecule has 0 bridgehead atoms. The number of aliphatic hydroxyl groups is 11. The lowest BCUT2D eigenvalue weighted by atomic mass is 9.88. The Labute approximate surface area is 550 Å². The van der Waals surface area contributed by atoms with E-state index in [9.17, 15) is 121 Å². The molecule has 6 fully saturated rings. The second-order valence-electron chi connectivity index (χ2n) is 20.9. The molecule has 51 heteroatoms. The van der Waals surface area contributed by atoms with Crippen molar-refractivity contribution in [3.63, 3.8) is 0 Å². The minimum Gasteiger partial charge on any atom is -0.394 e. The zero-order chi connectivity index (χ0) is 68.8. The summed E-state index contributed by atoms with van der Waals surface area (Å²) in [4.78, 5) is 0. The van der Waals surface area contributed by atoms with Gasteiger partial charge in [0.2, 0.25) is 0 Å². The highest BCUT2D eigenvalue weighted by Crippen LogP contribution is 2.38. The van der Waals surface area contributed by atoms with Crippen LogP contribution >= 0.6 is 0 Å². The van der Waals surface area contributed by atoms with Gasteiger partial charge >= 0.3 is 52.0 Å². The Morgan fingerprint density at radius 3 is 1.05 bits per heavy atom. The molecule has 6 aliphatic rings. The van der Waals surface area contributed by atoms with Crippen LogP contribution < -0.4 is 0 Å². The number of hydrogen-bond donors (Lipinski definition) is 16. The van der Waals surface area contributed by atoms with Gasteiger partial charge in [0.15, 0.2) is 37.7 Å². The molecular weight excluding hydrogens is 1450 g/mol. The average Bonchev–Trinajstić information content (AvgIpc) is 0.798. The zero-order valence-electron chi connectivity index (χ0n) is 47.7. The molecule has 0 spiro atoms. The van der Waals surface area contributed by atoms with E-state index < -0.39 is 275 Å². The van der Waals surface area contributed by atoms with Crippen LogP contribution in [0.2, 0.25) is 0 Å². The SMILES string of the molecule is C.C.C.C.CCC1O[C@@H](OCC2O[C@@H](OCC3O[C@@H](OC)C(O)[C@H](OS(=O)(=O)O)[C@H]3CO[C@@H]3OC(CO)[C@H](O)[C@@H](CO[C@@H]4OC(C)[C@@H](CO[C@@H]5OC(C)[C@@H](O)[C@H](OS(=O)(=O)O)C5O)[C@H](OS(=O)(=O)O)C4O)C3O)C(O)[C@H](OS(=O)(=O)O)[C@H]2O)C(O)[C@H](OS(=O)(=O)O)[C@H]1O.F.FF. The normalized spacial score (nSPS) is 40.9. The third-order valence-electron chi connectivity index (χ3n) is 14.9. The Kier molecular flexibility index (Phi) is 38.5. The van der Waals surface area contributed by atoms with Crippen molar-refractivity contribution in [1.29, 1.82) is 0 Å². The molecule has 0 radical (unpaired) electrons. The minimum atomic E-state index is -5.59. The molecule has 0 aromatic carbocycles. The Hall–Kier alpha value is -1.78. The van der Waals surface area contributed by atoms with Gasteiger partial charge in [-0.15, -0.1) is 0 Å². The highest BCUT2D eigenvalue weighted by Gasteiger charge is 2.56. The summed E-state index contributed by atoms with van der Waals surface area (Å²) in [5, 5.41) is 121. The molecule has 6 heterocycles. The van der Waals surface area contributed by atoms with Crippen LogP contribution in [0.25, 0.3) is 0 Å². The summed E-state index contributed by atoms with van der Waals surface area (Å²) in [5.41, 5.74) is 0. The molecule has 0 aliphatic carbocycles. The second kappa shape index (κ2) is 39.2. The molecule has 578 valence electrons. The molecule has 96 heavy (non-hydrogen) atoms. The zero-order valence-corrected chi connectivity index (χ0v) is 51.7. The van der Waals surface area contributed by atoms with E-state index in [2.05, 4.69) is 12.5 Å². The van der Waals surface area contributed by atoms with Crippen molar-refractivity contribution in [3.05, 3.63) is 0 Å². The molecule has 6 aliphatic heterocycles. The lowest BCUT2D eigenvalue weighted by Gasteiger charge is -2.47. The number of aliphatic hydroxyl groups excluding tert-OH is 11. The topological polar surface area (TPSA) is 651 Å². The van der Waals surface area contributed by atoms with Crippen molar-refractivity contribution in [2.75, 3.05) is 46.8 Å². The predicted octanol–water partition coefficient (Wildman–Crippen LogP) is -6.56. The molecule has 0 aromatic heterocycles. The van der Waals surface area contributed by atoms with Crippen LogP contribution in [-0.2, 0) is 130 Å². The monoisotopic (exact) mass is 1530 g/mol. The second-order valence-corrected chi connectivity index (χ2v) is 26.2. The molecule has 12 unspecified atom stereocenters. The summed E-state index contributed by atoms with van der Waals surface area (Å²) in [6.45, 7) is -2.20. The van der Waals surface area contributed by atoms with Gasteiger partial charge in [0, 0.05) is 34.0 Å². The van der Waals surface area contributed by atoms with Gasteiger partial charge in [0.1, 0.15) is 97.7 Å². The van der Waals surface area contributed by atoms with Crippen molar-refractivity contribution in [1.82, 2.24) is 0 Å². The highest BCUT2D eigenvalue weighted by molar-refractivity contribution is 7.81. The highest BCUT2D eigenvalue weighted by atomic mass is 32.3. The molecular formula is C45H89F3O43S5. The summed E-state index contributed by atoms with van der Waals surface area (Å²) >= 11 is 0. The fraction of sp³-hybridized carbons (Fsp3) is 1.00. The van der Waals surface area contributed by atoms with Crippen LogP contribution in [-0.4, -0.2) is 334 Å². The van der Waals surface area contributed by atoms with E-state index >= 15 is 0 Å². The third kappa shape index (κ3) is 25.3. The quantitative estimate of drug-likeness (QED) is 0.0324. The number of methoxy groups -OCH3 is 1. The van der Waals surface area contributed by atoms with E-state index in [1.54, 1.807) is 0 Å². The summed E-state index contributed by atoms with van der Waals surface area (Å²) in [6.07, 6.45) is -54.4. The number of rotatable bonds is 28. The third-order valence-corrected chi connectivity index (χ3v) is 17.2. The summed E-state index contributed by atoms with van der Waals surface area (Å²) < 4.78 is 272. The maximum atomic E-state index is 12.3. The van der Waals surface area contributed by atoms with E-state index in [0.29, 0.717) is 0 Å². The van der Waals surface area contributed by atoms with Crippen LogP contribution in [0.5, 0.6) is 0 Å². The van der Waals surface area contributed by atoms with Gasteiger partial charge in [-0.25, -0.2) is 20.9 Å². The van der Waals surface area contributed by atoms with Gasteiger partial charge < -0.3 is 113 Å². The van der Waals surface area contributed by atoms with Crippen LogP contribution in [0.1, 0.15) is 56.9 Å². The van der Waals surface area contributed by atoms with E-state index in [4.69, 9.17) is 74.4 Å². The molecule has 6 rings (SSSR count). The fourth-order valence-electron chi connectivity index (χ4n) is 10.5. The Balaban J connectivity index is 0.0000128. The Morgan fingerprint density at radius 2 is 0.635 bits per heavy atom. The molecule has 6 saturated heterocycles. The van der Waals surface area contributed by atoms with Crippen molar-refractivity contribution < 1.29 is 213 Å². The van der Waals surface area contributed by atoms with Crippen LogP contribution in [0.3, 0.4) is 0 Å². The first-order chi connectivity index (χ1) is 42.1. The molecule has 0 saturated carbocycles. The van der Waals surface area contributed by atoms with E-state index in [-0.39, 0.29) is 40.8 Å². The summed E-state index contributed by atoms with van der Waals surface area (Å²) in [6, 6.07) is 0. The van der Waals surface area contributed by atoms with Gasteiger partial charge in [-0.2, -0.15) is 42.1 Å². The average molecular weight is 1540 g/mol. The van der Waals surface area contributed by atoms with Gasteiger partial charge in [-0.1, -0.05) is 36.6 Å². The summed E-state index contributed by atoms with van der Waals surface area (Å²) in [5.74, 6) is -5.05. The first kappa shape index (κ1) is 94.2. The van der Waals surface area contributed by atoms with E-state index in [1.807, 2.05) is 0 Å². The maximum Gasteiger partial charge on any atom is 0.397 e. The van der Waals surface area contributed by atoms with Crippen LogP contribution in [0.15, 0.2) is 0 Å². The maximum absolute atomic E-state index is 12.3. The van der Waals surface area contributed by atoms with E-state index in [0.717, 1.165) is 7.11 Å². The van der Waals surface area contributed by atoms with Gasteiger partial charge in [-0.05, 0) is 20.3 Å². The largest absolute Gasteiger partial charge is 0.397 e. The first-order valence-corrected chi connectivity index (χ1v) is 33.3. The molecule has 0 aromatic rings. The lowest BCUT2D eigenvalue weighted by Crippen LogP contribution is -2.63. The number of hydrogen-bond acceptors (Lipinski definition) is 38. The lowest BCUT2D eigenvalue weighted by molar-refractivity contribution is -0.341. The number of halogens is 3. The smallest absolute Gasteiger partial charge is 0.394 e. The standard InChI is InChI=1S/C41H72O43S5.4CH4.F2.FH/c1-5-17-24(46)34(83-88(62,63)64)29(51)40(76-17)73-11-20-25(47)35(84-89(65,66)67)30(52)41(79-20)72-10-19-15(32(81-86(56,57)58)26(48)36(68-4)78-19)8-70-37-23(45)16(22(44)18(6-42)77-37)9-71-38-27(49)31(80-85(53,54)55)14(12(2)74-38)7-69-39-28(50)33(82-87(59,60)61)21(43)13(3)75-39;;;;;1-2;/h12-52H,5-11H2,1-4H3,(H,53,54,55)(H,56,57,58)(H,59,60,61)(H,62,63,64)(H,65,66,67);4*1H4;;1H/t12?,13?,14-,15+,16-,17?,18?,19?,20?,21-,22-,23?,24+,25+,26?,27?,28?,29?,30?,31+,32-,33+,34-,35-,36-,37-,38-,39-,40-,41-;;;;;;/m1....../s1. The minimum absolute atomic E-state index is 0. The fourth-order valence-corrected chi connectivity index (χ4v) is 13.1. The predicted molar refractivity (Wildman–Crippen MR) is 302 cm³/mol. The molecule has 16 N–H and O–H groups in total. The Morgan fingerprint density at radius 1 is 0.344 bits per heavy atom. The summed E-state index contributed by atoms with van der Waals surface area (Å²) in [7, 11) is -26.4. The van der Waals surface area contributed by atoms with Crippen molar-refractivity contribution in [2.45, 2.75) is 223 Å². The van der Waals surface area contributed by atoms with Crippen LogP contribution in [0, 0.1) is 17.8 Å². The van der Waals surface area contributed by atoms with Gasteiger partial charge in [0.05, 0.1) is 70.2 Å². The van der Waals surface area contributed by atoms with Crippen molar-refractivity contribution in [2.24, 2.45) is 17.8 Å². The molecule has 0 amide bonds. The first-order valence-electron chi connectivity index (χ1n) is 26.4. The van der Waals surface area contributed by atoms with E-state index in [1.165, 1.54) is 20.8 Å². The van der Waals surface area contributed by atoms with Gasteiger partial charge in [0.25, 0.3) is 0 Å². The molecule has 30 atom stereocenters. The van der Waals surface area contributed by atoms with Crippen molar-refractivity contribution in [3.8, 4) is 0 Å².